The van der Waals surface area contributed by atoms with Gasteiger partial charge in [-0.25, -0.2) is 4.79 Å². The minimum absolute atomic E-state index is 0.173. The monoisotopic (exact) mass is 276 g/mol. The van der Waals surface area contributed by atoms with Gasteiger partial charge < -0.3 is 15.7 Å². The summed E-state index contributed by atoms with van der Waals surface area (Å²) >= 11 is 0. The van der Waals surface area contributed by atoms with E-state index < -0.39 is 6.09 Å². The number of fused-ring (bicyclic) bond motifs is 1. The maximum atomic E-state index is 10.8. The summed E-state index contributed by atoms with van der Waals surface area (Å²) in [5.41, 5.74) is 4.95. The SMILES string of the molecule is CCc1cc2c(cc1C(C)NC(=O)O)NCCC2(C)C. The first-order valence-corrected chi connectivity index (χ1v) is 7.25. The Morgan fingerprint density at radius 2 is 2.20 bits per heavy atom. The molecule has 0 saturated heterocycles. The largest absolute Gasteiger partial charge is 0.465 e. The van der Waals surface area contributed by atoms with Crippen LogP contribution >= 0.6 is 0 Å². The van der Waals surface area contributed by atoms with E-state index in [2.05, 4.69) is 43.5 Å². The van der Waals surface area contributed by atoms with E-state index in [1.165, 1.54) is 11.1 Å². The highest BCUT2D eigenvalue weighted by molar-refractivity contribution is 5.66. The summed E-state index contributed by atoms with van der Waals surface area (Å²) in [4.78, 5) is 10.8. The third-order valence-electron chi connectivity index (χ3n) is 4.26. The molecule has 0 saturated carbocycles. The average molecular weight is 276 g/mol. The molecule has 0 radical (unpaired) electrons. The van der Waals surface area contributed by atoms with Gasteiger partial charge in [0.25, 0.3) is 0 Å². The quantitative estimate of drug-likeness (QED) is 0.789. The van der Waals surface area contributed by atoms with Crippen molar-refractivity contribution in [2.24, 2.45) is 0 Å². The summed E-state index contributed by atoms with van der Waals surface area (Å²) in [7, 11) is 0. The molecular formula is C16H24N2O2. The van der Waals surface area contributed by atoms with Crippen LogP contribution in [0.25, 0.3) is 0 Å². The first-order chi connectivity index (χ1) is 9.35. The number of carbonyl (C=O) groups is 1. The van der Waals surface area contributed by atoms with Crippen molar-refractivity contribution in [3.05, 3.63) is 28.8 Å². The van der Waals surface area contributed by atoms with E-state index in [9.17, 15) is 4.79 Å². The number of benzene rings is 1. The second kappa shape index (κ2) is 5.35. The van der Waals surface area contributed by atoms with E-state index in [-0.39, 0.29) is 11.5 Å². The number of carboxylic acid groups (broad SMARTS) is 1. The number of rotatable bonds is 3. The molecule has 0 aromatic heterocycles. The number of amides is 1. The van der Waals surface area contributed by atoms with Crippen LogP contribution in [0.4, 0.5) is 10.5 Å². The second-order valence-electron chi connectivity index (χ2n) is 6.18. The highest BCUT2D eigenvalue weighted by Gasteiger charge is 2.29. The topological polar surface area (TPSA) is 61.4 Å². The van der Waals surface area contributed by atoms with Gasteiger partial charge >= 0.3 is 6.09 Å². The van der Waals surface area contributed by atoms with Crippen molar-refractivity contribution in [3.63, 3.8) is 0 Å². The molecule has 1 aliphatic rings. The van der Waals surface area contributed by atoms with Gasteiger partial charge in [0.05, 0.1) is 6.04 Å². The van der Waals surface area contributed by atoms with Crippen molar-refractivity contribution in [2.75, 3.05) is 11.9 Å². The van der Waals surface area contributed by atoms with Crippen LogP contribution in [0.1, 0.15) is 56.8 Å². The molecule has 1 aromatic carbocycles. The van der Waals surface area contributed by atoms with Crippen LogP contribution in [0.15, 0.2) is 12.1 Å². The van der Waals surface area contributed by atoms with Crippen molar-refractivity contribution in [1.82, 2.24) is 5.32 Å². The Morgan fingerprint density at radius 1 is 1.50 bits per heavy atom. The molecule has 0 fully saturated rings. The molecule has 0 bridgehead atoms. The Kier molecular flexibility index (Phi) is 3.93. The van der Waals surface area contributed by atoms with Gasteiger partial charge in [0.15, 0.2) is 0 Å². The Labute approximate surface area is 120 Å². The molecular weight excluding hydrogens is 252 g/mol. The molecule has 110 valence electrons. The van der Waals surface area contributed by atoms with E-state index in [0.717, 1.165) is 30.6 Å². The van der Waals surface area contributed by atoms with E-state index in [0.29, 0.717) is 0 Å². The fourth-order valence-corrected chi connectivity index (χ4v) is 2.98. The number of hydrogen-bond donors (Lipinski definition) is 3. The predicted molar refractivity (Wildman–Crippen MR) is 81.5 cm³/mol. The van der Waals surface area contributed by atoms with Crippen LogP contribution in [0, 0.1) is 0 Å². The van der Waals surface area contributed by atoms with Gasteiger partial charge in [0, 0.05) is 12.2 Å². The normalized spacial score (nSPS) is 17.8. The maximum Gasteiger partial charge on any atom is 0.405 e. The predicted octanol–water partition coefficient (Wildman–Crippen LogP) is 3.67. The zero-order valence-electron chi connectivity index (χ0n) is 12.7. The van der Waals surface area contributed by atoms with Crippen LogP contribution in [0.3, 0.4) is 0 Å². The van der Waals surface area contributed by atoms with Crippen molar-refractivity contribution in [1.29, 1.82) is 0 Å². The van der Waals surface area contributed by atoms with Gasteiger partial charge in [-0.15, -0.1) is 0 Å². The van der Waals surface area contributed by atoms with E-state index in [1.54, 1.807) is 0 Å². The Hall–Kier alpha value is -1.71. The molecule has 1 aromatic rings. The van der Waals surface area contributed by atoms with Crippen LogP contribution in [0.5, 0.6) is 0 Å². The van der Waals surface area contributed by atoms with E-state index in [4.69, 9.17) is 5.11 Å². The summed E-state index contributed by atoms with van der Waals surface area (Å²) in [6, 6.07) is 4.17. The van der Waals surface area contributed by atoms with Crippen LogP contribution in [0.2, 0.25) is 0 Å². The molecule has 1 unspecified atom stereocenters. The number of aryl methyl sites for hydroxylation is 1. The lowest BCUT2D eigenvalue weighted by molar-refractivity contribution is 0.191. The fourth-order valence-electron chi connectivity index (χ4n) is 2.98. The third-order valence-corrected chi connectivity index (χ3v) is 4.26. The zero-order chi connectivity index (χ0) is 14.9. The molecule has 20 heavy (non-hydrogen) atoms. The first-order valence-electron chi connectivity index (χ1n) is 7.25. The van der Waals surface area contributed by atoms with E-state index >= 15 is 0 Å². The van der Waals surface area contributed by atoms with Crippen LogP contribution in [-0.2, 0) is 11.8 Å². The van der Waals surface area contributed by atoms with Gasteiger partial charge in [0.1, 0.15) is 0 Å². The molecule has 3 N–H and O–H groups in total. The van der Waals surface area contributed by atoms with Crippen LogP contribution in [-0.4, -0.2) is 17.7 Å². The smallest absolute Gasteiger partial charge is 0.405 e. The summed E-state index contributed by atoms with van der Waals surface area (Å²) in [6.07, 6.45) is 1.04. The lowest BCUT2D eigenvalue weighted by Crippen LogP contribution is -2.30. The molecule has 1 heterocycles. The molecule has 0 spiro atoms. The van der Waals surface area contributed by atoms with Crippen LogP contribution < -0.4 is 10.6 Å². The molecule has 1 atom stereocenters. The Bertz CT molecular complexity index is 523. The highest BCUT2D eigenvalue weighted by Crippen LogP contribution is 2.39. The lowest BCUT2D eigenvalue weighted by atomic mass is 9.76. The minimum atomic E-state index is -0.981. The Morgan fingerprint density at radius 3 is 2.80 bits per heavy atom. The van der Waals surface area contributed by atoms with Crippen molar-refractivity contribution >= 4 is 11.8 Å². The molecule has 1 amide bonds. The molecule has 0 aliphatic carbocycles. The number of anilines is 1. The summed E-state index contributed by atoms with van der Waals surface area (Å²) in [6.45, 7) is 9.51. The summed E-state index contributed by atoms with van der Waals surface area (Å²) in [5, 5.41) is 14.9. The lowest BCUT2D eigenvalue weighted by Gasteiger charge is -2.35. The molecule has 2 rings (SSSR count). The summed E-state index contributed by atoms with van der Waals surface area (Å²) < 4.78 is 0. The second-order valence-corrected chi connectivity index (χ2v) is 6.18. The molecule has 4 nitrogen and oxygen atoms in total. The van der Waals surface area contributed by atoms with Crippen molar-refractivity contribution in [3.8, 4) is 0 Å². The maximum absolute atomic E-state index is 10.8. The van der Waals surface area contributed by atoms with E-state index in [1.807, 2.05) is 6.92 Å². The average Bonchev–Trinajstić information content (AvgIpc) is 2.36. The molecule has 4 heteroatoms. The Balaban J connectivity index is 2.47. The summed E-state index contributed by atoms with van der Waals surface area (Å²) in [5.74, 6) is 0. The fraction of sp³-hybridized carbons (Fsp3) is 0.562. The third kappa shape index (κ3) is 2.74. The van der Waals surface area contributed by atoms with Gasteiger partial charge in [-0.3, -0.25) is 0 Å². The molecule has 1 aliphatic heterocycles. The standard InChI is InChI=1S/C16H24N2O2/c1-5-11-8-13-14(17-7-6-16(13,3)4)9-12(11)10(2)18-15(19)20/h8-10,17-18H,5-7H2,1-4H3,(H,19,20). The van der Waals surface area contributed by atoms with Crippen molar-refractivity contribution in [2.45, 2.75) is 52.0 Å². The first kappa shape index (κ1) is 14.7. The minimum Gasteiger partial charge on any atom is -0.465 e. The number of nitrogens with one attached hydrogen (secondary N) is 2. The van der Waals surface area contributed by atoms with Gasteiger partial charge in [-0.05, 0) is 47.9 Å². The van der Waals surface area contributed by atoms with Crippen molar-refractivity contribution < 1.29 is 9.90 Å². The number of hydrogen-bond acceptors (Lipinski definition) is 2. The van der Waals surface area contributed by atoms with Gasteiger partial charge in [-0.1, -0.05) is 26.8 Å². The van der Waals surface area contributed by atoms with Gasteiger partial charge in [0.2, 0.25) is 0 Å². The highest BCUT2D eigenvalue weighted by atomic mass is 16.4. The van der Waals surface area contributed by atoms with Gasteiger partial charge in [-0.2, -0.15) is 0 Å². The zero-order valence-corrected chi connectivity index (χ0v) is 12.7.